The number of amides is 1. The lowest BCUT2D eigenvalue weighted by Crippen LogP contribution is -2.17. The van der Waals surface area contributed by atoms with Gasteiger partial charge in [0.25, 0.3) is 0 Å². The minimum Gasteiger partial charge on any atom is -0.493 e. The Balaban J connectivity index is 2.14. The molecule has 1 aromatic carbocycles. The van der Waals surface area contributed by atoms with Crippen LogP contribution in [0.25, 0.3) is 0 Å². The van der Waals surface area contributed by atoms with Crippen LogP contribution in [0.1, 0.15) is 30.9 Å². The molecule has 1 aromatic heterocycles. The number of methoxy groups -OCH3 is 3. The van der Waals surface area contributed by atoms with Crippen LogP contribution in [0.3, 0.4) is 0 Å². The molecule has 0 saturated carbocycles. The Morgan fingerprint density at radius 3 is 2.36 bits per heavy atom. The van der Waals surface area contributed by atoms with Crippen LogP contribution in [0.4, 0.5) is 16.6 Å². The molecule has 152 valence electrons. The largest absolute Gasteiger partial charge is 0.493 e. The summed E-state index contributed by atoms with van der Waals surface area (Å²) in [5.74, 6) is 1.95. The van der Waals surface area contributed by atoms with Crippen LogP contribution < -0.4 is 25.3 Å². The van der Waals surface area contributed by atoms with E-state index in [1.165, 1.54) is 0 Å². The zero-order valence-corrected chi connectivity index (χ0v) is 16.6. The number of ether oxygens (including phenoxy) is 4. The number of nitrogens with two attached hydrogens (primary N) is 1. The van der Waals surface area contributed by atoms with Crippen molar-refractivity contribution < 1.29 is 23.7 Å². The van der Waals surface area contributed by atoms with Gasteiger partial charge in [0, 0.05) is 18.2 Å². The number of nitrogens with zero attached hydrogens (tertiary/aromatic N) is 2. The number of aromatic nitrogens is 2. The van der Waals surface area contributed by atoms with Gasteiger partial charge in [-0.1, -0.05) is 13.3 Å². The topological polar surface area (TPSA) is 118 Å². The van der Waals surface area contributed by atoms with Crippen molar-refractivity contribution in [2.45, 2.75) is 26.2 Å². The molecule has 0 radical (unpaired) electrons. The maximum absolute atomic E-state index is 11.7. The molecule has 0 bridgehead atoms. The highest BCUT2D eigenvalue weighted by atomic mass is 16.5. The molecule has 0 spiro atoms. The normalized spacial score (nSPS) is 10.3. The molecule has 9 heteroatoms. The van der Waals surface area contributed by atoms with E-state index in [0.717, 1.165) is 18.4 Å². The Labute approximate surface area is 164 Å². The van der Waals surface area contributed by atoms with Gasteiger partial charge in [-0.3, -0.25) is 5.32 Å². The summed E-state index contributed by atoms with van der Waals surface area (Å²) in [6.07, 6.45) is 3.14. The fourth-order valence-electron chi connectivity index (χ4n) is 2.51. The zero-order valence-electron chi connectivity index (χ0n) is 16.6. The van der Waals surface area contributed by atoms with Gasteiger partial charge in [0.05, 0.1) is 27.9 Å². The van der Waals surface area contributed by atoms with Crippen molar-refractivity contribution in [2.24, 2.45) is 0 Å². The van der Waals surface area contributed by atoms with Gasteiger partial charge in [0.2, 0.25) is 11.7 Å². The number of hydrogen-bond donors (Lipinski definition) is 2. The third-order valence-corrected chi connectivity index (χ3v) is 3.96. The Morgan fingerprint density at radius 1 is 1.14 bits per heavy atom. The first kappa shape index (κ1) is 21.1. The number of unbranched alkanes of at least 4 members (excludes halogenated alkanes) is 1. The molecule has 0 saturated heterocycles. The van der Waals surface area contributed by atoms with E-state index >= 15 is 0 Å². The van der Waals surface area contributed by atoms with Gasteiger partial charge in [-0.15, -0.1) is 0 Å². The summed E-state index contributed by atoms with van der Waals surface area (Å²) in [5, 5.41) is 2.46. The average molecular weight is 390 g/mol. The minimum atomic E-state index is -0.606. The van der Waals surface area contributed by atoms with Crippen molar-refractivity contribution in [3.05, 3.63) is 29.5 Å². The third kappa shape index (κ3) is 5.38. The second-order valence-electron chi connectivity index (χ2n) is 5.93. The SMILES string of the molecule is CCCCOC(=O)Nc1ncc(Cc2cc(OC)c(OC)c(OC)c2)c(N)n1. The van der Waals surface area contributed by atoms with Crippen molar-refractivity contribution in [1.82, 2.24) is 9.97 Å². The number of nitrogens with one attached hydrogen (secondary N) is 1. The lowest BCUT2D eigenvalue weighted by atomic mass is 10.1. The number of carbonyl (C=O) groups excluding carboxylic acids is 1. The van der Waals surface area contributed by atoms with Crippen LogP contribution in [0.15, 0.2) is 18.3 Å². The Hall–Kier alpha value is -3.23. The molecule has 0 aliphatic heterocycles. The van der Waals surface area contributed by atoms with E-state index in [2.05, 4.69) is 15.3 Å². The third-order valence-electron chi connectivity index (χ3n) is 3.96. The second-order valence-corrected chi connectivity index (χ2v) is 5.93. The molecule has 1 heterocycles. The smallest absolute Gasteiger partial charge is 0.414 e. The molecular formula is C19H26N4O5. The molecule has 0 aliphatic carbocycles. The summed E-state index contributed by atoms with van der Waals surface area (Å²) in [6, 6.07) is 3.66. The van der Waals surface area contributed by atoms with Gasteiger partial charge in [-0.25, -0.2) is 9.78 Å². The highest BCUT2D eigenvalue weighted by Crippen LogP contribution is 2.38. The van der Waals surface area contributed by atoms with Gasteiger partial charge < -0.3 is 24.7 Å². The van der Waals surface area contributed by atoms with E-state index in [-0.39, 0.29) is 11.8 Å². The molecule has 0 atom stereocenters. The molecule has 3 N–H and O–H groups in total. The summed E-state index contributed by atoms with van der Waals surface area (Å²) in [5.41, 5.74) is 7.61. The van der Waals surface area contributed by atoms with Crippen LogP contribution >= 0.6 is 0 Å². The zero-order chi connectivity index (χ0) is 20.5. The Morgan fingerprint density at radius 2 is 1.82 bits per heavy atom. The number of anilines is 2. The fraction of sp³-hybridized carbons (Fsp3) is 0.421. The maximum atomic E-state index is 11.7. The van der Waals surface area contributed by atoms with Crippen molar-refractivity contribution in [3.8, 4) is 17.2 Å². The van der Waals surface area contributed by atoms with Crippen LogP contribution in [0.2, 0.25) is 0 Å². The van der Waals surface area contributed by atoms with Crippen molar-refractivity contribution in [1.29, 1.82) is 0 Å². The van der Waals surface area contributed by atoms with Crippen LogP contribution in [-0.4, -0.2) is 44.0 Å². The first-order valence-corrected chi connectivity index (χ1v) is 8.86. The van der Waals surface area contributed by atoms with E-state index in [9.17, 15) is 4.79 Å². The molecule has 9 nitrogen and oxygen atoms in total. The summed E-state index contributed by atoms with van der Waals surface area (Å²) < 4.78 is 21.1. The molecule has 2 rings (SSSR count). The van der Waals surface area contributed by atoms with E-state index < -0.39 is 6.09 Å². The van der Waals surface area contributed by atoms with Crippen molar-refractivity contribution >= 4 is 17.9 Å². The molecule has 1 amide bonds. The predicted octanol–water partition coefficient (Wildman–Crippen LogP) is 3.02. The minimum absolute atomic E-state index is 0.0904. The number of carbonyl (C=O) groups is 1. The van der Waals surface area contributed by atoms with E-state index in [0.29, 0.717) is 35.8 Å². The lowest BCUT2D eigenvalue weighted by molar-refractivity contribution is 0.159. The monoisotopic (exact) mass is 390 g/mol. The van der Waals surface area contributed by atoms with Gasteiger partial charge in [0.1, 0.15) is 5.82 Å². The molecule has 28 heavy (non-hydrogen) atoms. The summed E-state index contributed by atoms with van der Waals surface area (Å²) in [4.78, 5) is 19.9. The first-order valence-electron chi connectivity index (χ1n) is 8.86. The average Bonchev–Trinajstić information content (AvgIpc) is 2.69. The molecule has 0 aliphatic rings. The van der Waals surface area contributed by atoms with Gasteiger partial charge >= 0.3 is 6.09 Å². The predicted molar refractivity (Wildman–Crippen MR) is 105 cm³/mol. The first-order chi connectivity index (χ1) is 13.5. The van der Waals surface area contributed by atoms with Gasteiger partial charge in [-0.05, 0) is 24.1 Å². The standard InChI is InChI=1S/C19H26N4O5/c1-5-6-7-28-19(24)23-18-21-11-13(17(20)22-18)8-12-9-14(25-2)16(27-4)15(10-12)26-3/h9-11H,5-8H2,1-4H3,(H3,20,21,22,23,24). The van der Waals surface area contributed by atoms with Crippen LogP contribution in [-0.2, 0) is 11.2 Å². The maximum Gasteiger partial charge on any atom is 0.414 e. The molecular weight excluding hydrogens is 364 g/mol. The Kier molecular flexibility index (Phi) is 7.67. The van der Waals surface area contributed by atoms with E-state index in [1.54, 1.807) is 27.5 Å². The molecule has 0 unspecified atom stereocenters. The highest BCUT2D eigenvalue weighted by molar-refractivity contribution is 5.82. The highest BCUT2D eigenvalue weighted by Gasteiger charge is 2.15. The van der Waals surface area contributed by atoms with Crippen LogP contribution in [0.5, 0.6) is 17.2 Å². The Bertz CT molecular complexity index is 788. The lowest BCUT2D eigenvalue weighted by Gasteiger charge is -2.14. The van der Waals surface area contributed by atoms with Gasteiger partial charge in [0.15, 0.2) is 11.5 Å². The second kappa shape index (κ2) is 10.2. The number of nitrogen functional groups attached to an aromatic ring is 1. The van der Waals surface area contributed by atoms with Crippen molar-refractivity contribution in [3.63, 3.8) is 0 Å². The number of rotatable bonds is 9. The molecule has 2 aromatic rings. The summed E-state index contributed by atoms with van der Waals surface area (Å²) in [7, 11) is 4.65. The number of hydrogen-bond acceptors (Lipinski definition) is 8. The van der Waals surface area contributed by atoms with Gasteiger partial charge in [-0.2, -0.15) is 4.98 Å². The summed E-state index contributed by atoms with van der Waals surface area (Å²) >= 11 is 0. The van der Waals surface area contributed by atoms with E-state index in [1.807, 2.05) is 19.1 Å². The fourth-order valence-corrected chi connectivity index (χ4v) is 2.51. The molecule has 0 fully saturated rings. The van der Waals surface area contributed by atoms with E-state index in [4.69, 9.17) is 24.7 Å². The summed E-state index contributed by atoms with van der Waals surface area (Å²) in [6.45, 7) is 2.36. The van der Waals surface area contributed by atoms with Crippen molar-refractivity contribution in [2.75, 3.05) is 39.0 Å². The van der Waals surface area contributed by atoms with Crippen LogP contribution in [0, 0.1) is 0 Å². The number of benzene rings is 1. The quantitative estimate of drug-likeness (QED) is 0.627.